The number of phenolic OH excluding ortho intramolecular Hbond substituents is 1. The van der Waals surface area contributed by atoms with Crippen LogP contribution in [0.15, 0.2) is 18.2 Å². The van der Waals surface area contributed by atoms with E-state index in [2.05, 4.69) is 11.4 Å². The highest BCUT2D eigenvalue weighted by Gasteiger charge is 2.56. The normalized spacial score (nSPS) is 36.5. The zero-order chi connectivity index (χ0) is 13.0. The minimum atomic E-state index is -0.305. The summed E-state index contributed by atoms with van der Waals surface area (Å²) in [6.45, 7) is 0.919. The smallest absolute Gasteiger partial charge is 0.143 e. The summed E-state index contributed by atoms with van der Waals surface area (Å²) >= 11 is 0. The van der Waals surface area contributed by atoms with Crippen molar-refractivity contribution in [3.63, 3.8) is 0 Å². The van der Waals surface area contributed by atoms with Gasteiger partial charge in [0.1, 0.15) is 11.5 Å². The van der Waals surface area contributed by atoms with Crippen LogP contribution in [0.3, 0.4) is 0 Å². The van der Waals surface area contributed by atoms with Gasteiger partial charge in [-0.25, -0.2) is 0 Å². The standard InChI is InChI=1S/C16H19NO2/c18-14-5-1-3-11-10(14)9-13-12-4-2-6-15(19)16(11,12)7-8-17-13/h1,3,5,12-13,17-18H,2,4,6-9H2/t12-,13+,16+/m0/s1. The summed E-state index contributed by atoms with van der Waals surface area (Å²) < 4.78 is 0. The van der Waals surface area contributed by atoms with Gasteiger partial charge in [0.2, 0.25) is 0 Å². The van der Waals surface area contributed by atoms with Crippen LogP contribution in [-0.4, -0.2) is 23.5 Å². The van der Waals surface area contributed by atoms with Crippen molar-refractivity contribution in [3.05, 3.63) is 29.3 Å². The molecule has 1 heterocycles. The maximum atomic E-state index is 12.7. The predicted molar refractivity (Wildman–Crippen MR) is 72.2 cm³/mol. The second kappa shape index (κ2) is 3.83. The Kier molecular flexibility index (Phi) is 2.31. The topological polar surface area (TPSA) is 49.3 Å². The average Bonchev–Trinajstić information content (AvgIpc) is 2.40. The quantitative estimate of drug-likeness (QED) is 0.746. The van der Waals surface area contributed by atoms with E-state index in [0.29, 0.717) is 29.9 Å². The molecule has 1 aromatic carbocycles. The van der Waals surface area contributed by atoms with Crippen LogP contribution in [0.1, 0.15) is 36.8 Å². The molecule has 3 nitrogen and oxygen atoms in total. The molecule has 0 unspecified atom stereocenters. The summed E-state index contributed by atoms with van der Waals surface area (Å²) in [5.41, 5.74) is 1.83. The molecule has 3 atom stereocenters. The van der Waals surface area contributed by atoms with E-state index in [1.165, 1.54) is 0 Å². The molecule has 100 valence electrons. The number of hydrogen-bond acceptors (Lipinski definition) is 3. The molecule has 3 heteroatoms. The van der Waals surface area contributed by atoms with Crippen molar-refractivity contribution < 1.29 is 9.90 Å². The van der Waals surface area contributed by atoms with E-state index < -0.39 is 0 Å². The number of carbonyl (C=O) groups excluding carboxylic acids is 1. The summed E-state index contributed by atoms with van der Waals surface area (Å²) in [4.78, 5) is 12.7. The maximum absolute atomic E-state index is 12.7. The number of rotatable bonds is 0. The molecular weight excluding hydrogens is 238 g/mol. The van der Waals surface area contributed by atoms with Gasteiger partial charge in [0.15, 0.2) is 0 Å². The van der Waals surface area contributed by atoms with E-state index in [4.69, 9.17) is 0 Å². The number of carbonyl (C=O) groups is 1. The van der Waals surface area contributed by atoms with E-state index >= 15 is 0 Å². The molecule has 1 saturated carbocycles. The Labute approximate surface area is 113 Å². The molecule has 0 radical (unpaired) electrons. The van der Waals surface area contributed by atoms with Crippen molar-refractivity contribution in [1.82, 2.24) is 5.32 Å². The number of Topliss-reactive ketones (excluding diaryl/α,β-unsaturated/α-hetero) is 1. The van der Waals surface area contributed by atoms with E-state index in [1.807, 2.05) is 6.07 Å². The SMILES string of the molecule is O=C1CCC[C@H]2[C@H]3Cc4c(O)cccc4[C@@]12CCN3. The first-order chi connectivity index (χ1) is 9.23. The number of phenols is 1. The first kappa shape index (κ1) is 11.5. The van der Waals surface area contributed by atoms with Crippen molar-refractivity contribution >= 4 is 5.78 Å². The van der Waals surface area contributed by atoms with Gasteiger partial charge in [0, 0.05) is 12.5 Å². The molecule has 2 bridgehead atoms. The van der Waals surface area contributed by atoms with Gasteiger partial charge in [-0.2, -0.15) is 0 Å². The van der Waals surface area contributed by atoms with Crippen molar-refractivity contribution in [2.75, 3.05) is 6.54 Å². The van der Waals surface area contributed by atoms with Crippen LogP contribution in [0.4, 0.5) is 0 Å². The Morgan fingerprint density at radius 3 is 3.16 bits per heavy atom. The largest absolute Gasteiger partial charge is 0.508 e. The molecule has 2 fully saturated rings. The van der Waals surface area contributed by atoms with Crippen molar-refractivity contribution in [3.8, 4) is 5.75 Å². The molecule has 1 aromatic rings. The fourth-order valence-corrected chi connectivity index (χ4v) is 4.75. The molecule has 2 aliphatic carbocycles. The number of fused-ring (bicyclic) bond motifs is 1. The Morgan fingerprint density at radius 2 is 2.26 bits per heavy atom. The van der Waals surface area contributed by atoms with E-state index in [0.717, 1.165) is 43.4 Å². The molecule has 0 amide bonds. The summed E-state index contributed by atoms with van der Waals surface area (Å²) in [5, 5.41) is 13.7. The van der Waals surface area contributed by atoms with Crippen LogP contribution in [0, 0.1) is 5.92 Å². The molecular formula is C16H19NO2. The first-order valence-corrected chi connectivity index (χ1v) is 7.31. The number of nitrogens with one attached hydrogen (secondary N) is 1. The van der Waals surface area contributed by atoms with Gasteiger partial charge in [-0.3, -0.25) is 4.79 Å². The van der Waals surface area contributed by atoms with Crippen LogP contribution >= 0.6 is 0 Å². The molecule has 19 heavy (non-hydrogen) atoms. The number of piperidine rings is 1. The first-order valence-electron chi connectivity index (χ1n) is 7.31. The third kappa shape index (κ3) is 1.34. The lowest BCUT2D eigenvalue weighted by molar-refractivity contribution is -0.132. The lowest BCUT2D eigenvalue weighted by Crippen LogP contribution is -2.62. The molecule has 2 N–H and O–H groups in total. The Bertz CT molecular complexity index is 554. The second-order valence-electron chi connectivity index (χ2n) is 6.21. The number of hydrogen-bond donors (Lipinski definition) is 2. The van der Waals surface area contributed by atoms with Gasteiger partial charge < -0.3 is 10.4 Å². The monoisotopic (exact) mass is 257 g/mol. The highest BCUT2D eigenvalue weighted by Crippen LogP contribution is 2.53. The zero-order valence-corrected chi connectivity index (χ0v) is 11.0. The number of ketones is 1. The minimum Gasteiger partial charge on any atom is -0.508 e. The third-order valence-electron chi connectivity index (χ3n) is 5.52. The van der Waals surface area contributed by atoms with Crippen LogP contribution in [0.25, 0.3) is 0 Å². The fraction of sp³-hybridized carbons (Fsp3) is 0.562. The van der Waals surface area contributed by atoms with Gasteiger partial charge in [-0.05, 0) is 55.3 Å². The lowest BCUT2D eigenvalue weighted by Gasteiger charge is -2.54. The lowest BCUT2D eigenvalue weighted by atomic mass is 9.52. The van der Waals surface area contributed by atoms with Gasteiger partial charge in [0.25, 0.3) is 0 Å². The van der Waals surface area contributed by atoms with Crippen LogP contribution in [0.5, 0.6) is 5.75 Å². The Balaban J connectivity index is 1.98. The van der Waals surface area contributed by atoms with Gasteiger partial charge in [-0.1, -0.05) is 12.1 Å². The van der Waals surface area contributed by atoms with Crippen molar-refractivity contribution in [2.45, 2.75) is 43.6 Å². The van der Waals surface area contributed by atoms with Crippen LogP contribution < -0.4 is 5.32 Å². The van der Waals surface area contributed by atoms with Crippen molar-refractivity contribution in [1.29, 1.82) is 0 Å². The summed E-state index contributed by atoms with van der Waals surface area (Å²) in [5.74, 6) is 1.20. The average molecular weight is 257 g/mol. The summed E-state index contributed by atoms with van der Waals surface area (Å²) in [6.07, 6.45) is 4.62. The zero-order valence-electron chi connectivity index (χ0n) is 11.0. The van der Waals surface area contributed by atoms with Crippen LogP contribution in [-0.2, 0) is 16.6 Å². The van der Waals surface area contributed by atoms with E-state index in [1.54, 1.807) is 6.07 Å². The predicted octanol–water partition coefficient (Wildman–Crippen LogP) is 1.92. The highest BCUT2D eigenvalue weighted by atomic mass is 16.3. The molecule has 4 rings (SSSR count). The van der Waals surface area contributed by atoms with E-state index in [-0.39, 0.29) is 5.41 Å². The van der Waals surface area contributed by atoms with Crippen molar-refractivity contribution in [2.24, 2.45) is 5.92 Å². The van der Waals surface area contributed by atoms with Gasteiger partial charge in [0.05, 0.1) is 5.41 Å². The number of aromatic hydroxyl groups is 1. The highest BCUT2D eigenvalue weighted by molar-refractivity contribution is 5.92. The molecule has 0 aromatic heterocycles. The molecule has 0 spiro atoms. The minimum absolute atomic E-state index is 0.305. The molecule has 1 saturated heterocycles. The van der Waals surface area contributed by atoms with Crippen LogP contribution in [0.2, 0.25) is 0 Å². The fourth-order valence-electron chi connectivity index (χ4n) is 4.75. The number of benzene rings is 1. The summed E-state index contributed by atoms with van der Waals surface area (Å²) in [7, 11) is 0. The Hall–Kier alpha value is -1.35. The third-order valence-corrected chi connectivity index (χ3v) is 5.52. The maximum Gasteiger partial charge on any atom is 0.143 e. The van der Waals surface area contributed by atoms with Gasteiger partial charge in [-0.15, -0.1) is 0 Å². The van der Waals surface area contributed by atoms with Gasteiger partial charge >= 0.3 is 0 Å². The molecule has 3 aliphatic rings. The molecule has 1 aliphatic heterocycles. The Morgan fingerprint density at radius 1 is 1.37 bits per heavy atom. The summed E-state index contributed by atoms with van der Waals surface area (Å²) in [6, 6.07) is 6.08. The second-order valence-corrected chi connectivity index (χ2v) is 6.21. The van der Waals surface area contributed by atoms with E-state index in [9.17, 15) is 9.90 Å².